The maximum Gasteiger partial charge on any atom is 0.258 e. The number of aryl methyl sites for hydroxylation is 1. The fraction of sp³-hybridized carbons (Fsp3) is 0.500. The summed E-state index contributed by atoms with van der Waals surface area (Å²) in [7, 11) is 1.56. The molecule has 0 aromatic heterocycles. The Morgan fingerprint density at radius 1 is 1.45 bits per heavy atom. The number of rotatable bonds is 4. The zero-order valence-electron chi connectivity index (χ0n) is 12.1. The maximum atomic E-state index is 12.7. The van der Waals surface area contributed by atoms with Gasteiger partial charge in [0.15, 0.2) is 0 Å². The molecule has 0 unspecified atom stereocenters. The monoisotopic (exact) mass is 272 g/mol. The molecule has 1 aliphatic carbocycles. The number of ether oxygens (including phenoxy) is 1. The molecule has 1 saturated carbocycles. The third kappa shape index (κ3) is 2.93. The largest absolute Gasteiger partial charge is 0.496 e. The van der Waals surface area contributed by atoms with E-state index in [1.54, 1.807) is 12.0 Å². The molecule has 0 bridgehead atoms. The number of amides is 1. The third-order valence-corrected chi connectivity index (χ3v) is 3.85. The summed E-state index contributed by atoms with van der Waals surface area (Å²) in [4.78, 5) is 14.4. The molecule has 106 valence electrons. The van der Waals surface area contributed by atoms with E-state index in [0.717, 1.165) is 31.2 Å². The molecule has 0 aliphatic heterocycles. The summed E-state index contributed by atoms with van der Waals surface area (Å²) in [6.07, 6.45) is 4.23. The van der Waals surface area contributed by atoms with E-state index in [4.69, 9.17) is 10.00 Å². The van der Waals surface area contributed by atoms with Crippen molar-refractivity contribution in [2.24, 2.45) is 0 Å². The van der Waals surface area contributed by atoms with E-state index < -0.39 is 0 Å². The molecule has 20 heavy (non-hydrogen) atoms. The Morgan fingerprint density at radius 3 is 2.75 bits per heavy atom. The minimum absolute atomic E-state index is 0.0981. The van der Waals surface area contributed by atoms with E-state index in [-0.39, 0.29) is 18.5 Å². The molecule has 1 aliphatic rings. The van der Waals surface area contributed by atoms with Crippen LogP contribution in [0.1, 0.15) is 41.6 Å². The molecule has 4 heteroatoms. The summed E-state index contributed by atoms with van der Waals surface area (Å²) >= 11 is 0. The van der Waals surface area contributed by atoms with Gasteiger partial charge in [0, 0.05) is 6.04 Å². The van der Waals surface area contributed by atoms with Crippen molar-refractivity contribution in [1.29, 1.82) is 5.26 Å². The highest BCUT2D eigenvalue weighted by Gasteiger charge is 2.28. The van der Waals surface area contributed by atoms with E-state index in [0.29, 0.717) is 11.3 Å². The fourth-order valence-corrected chi connectivity index (χ4v) is 2.80. The Labute approximate surface area is 120 Å². The lowest BCUT2D eigenvalue weighted by atomic mass is 10.1. The lowest BCUT2D eigenvalue weighted by Crippen LogP contribution is -2.39. The van der Waals surface area contributed by atoms with Crippen molar-refractivity contribution in [3.63, 3.8) is 0 Å². The summed E-state index contributed by atoms with van der Waals surface area (Å²) in [5, 5.41) is 9.00. The second-order valence-electron chi connectivity index (χ2n) is 5.23. The van der Waals surface area contributed by atoms with Crippen molar-refractivity contribution in [2.75, 3.05) is 13.7 Å². The minimum Gasteiger partial charge on any atom is -0.496 e. The van der Waals surface area contributed by atoms with Crippen LogP contribution in [0, 0.1) is 18.3 Å². The van der Waals surface area contributed by atoms with Crippen LogP contribution >= 0.6 is 0 Å². The van der Waals surface area contributed by atoms with Crippen LogP contribution in [0.4, 0.5) is 0 Å². The van der Waals surface area contributed by atoms with E-state index in [1.165, 1.54) is 0 Å². The number of nitrogens with zero attached hydrogens (tertiary/aromatic N) is 2. The number of carbonyl (C=O) groups is 1. The van der Waals surface area contributed by atoms with Gasteiger partial charge in [-0.3, -0.25) is 4.79 Å². The fourth-order valence-electron chi connectivity index (χ4n) is 2.80. The SMILES string of the molecule is COc1ccc(C)cc1C(=O)N(CC#N)C1CCCC1. The molecule has 1 fully saturated rings. The van der Waals surface area contributed by atoms with Crippen LogP contribution in [0.15, 0.2) is 18.2 Å². The number of carbonyl (C=O) groups excluding carboxylic acids is 1. The Hall–Kier alpha value is -2.02. The molecular formula is C16H20N2O2. The molecule has 1 amide bonds. The Balaban J connectivity index is 2.31. The minimum atomic E-state index is -0.0981. The van der Waals surface area contributed by atoms with Gasteiger partial charge in [-0.05, 0) is 31.9 Å². The molecule has 0 atom stereocenters. The second-order valence-corrected chi connectivity index (χ2v) is 5.23. The van der Waals surface area contributed by atoms with Crippen LogP contribution in [-0.2, 0) is 0 Å². The topological polar surface area (TPSA) is 53.3 Å². The van der Waals surface area contributed by atoms with Crippen LogP contribution in [-0.4, -0.2) is 30.5 Å². The lowest BCUT2D eigenvalue weighted by molar-refractivity contribution is 0.0706. The van der Waals surface area contributed by atoms with Gasteiger partial charge in [0.25, 0.3) is 5.91 Å². The van der Waals surface area contributed by atoms with Gasteiger partial charge in [-0.15, -0.1) is 0 Å². The number of nitriles is 1. The smallest absolute Gasteiger partial charge is 0.258 e. The van der Waals surface area contributed by atoms with Gasteiger partial charge in [-0.25, -0.2) is 0 Å². The molecule has 2 rings (SSSR count). The number of hydrogen-bond donors (Lipinski definition) is 0. The van der Waals surface area contributed by atoms with Crippen LogP contribution in [0.2, 0.25) is 0 Å². The van der Waals surface area contributed by atoms with Gasteiger partial charge in [0.1, 0.15) is 12.3 Å². The number of hydrogen-bond acceptors (Lipinski definition) is 3. The normalized spacial score (nSPS) is 14.8. The zero-order chi connectivity index (χ0) is 14.5. The molecule has 0 N–H and O–H groups in total. The summed E-state index contributed by atoms with van der Waals surface area (Å²) in [6.45, 7) is 2.08. The first-order valence-corrected chi connectivity index (χ1v) is 7.00. The lowest BCUT2D eigenvalue weighted by Gasteiger charge is -2.27. The first-order chi connectivity index (χ1) is 9.67. The quantitative estimate of drug-likeness (QED) is 0.792. The predicted molar refractivity (Wildman–Crippen MR) is 76.6 cm³/mol. The molecule has 0 radical (unpaired) electrons. The van der Waals surface area contributed by atoms with Crippen molar-refractivity contribution < 1.29 is 9.53 Å². The van der Waals surface area contributed by atoms with E-state index in [2.05, 4.69) is 6.07 Å². The first-order valence-electron chi connectivity index (χ1n) is 7.00. The van der Waals surface area contributed by atoms with Crippen LogP contribution in [0.25, 0.3) is 0 Å². The van der Waals surface area contributed by atoms with E-state index in [1.807, 2.05) is 25.1 Å². The molecule has 0 saturated heterocycles. The highest BCUT2D eigenvalue weighted by Crippen LogP contribution is 2.27. The average Bonchev–Trinajstić information content (AvgIpc) is 2.98. The summed E-state index contributed by atoms with van der Waals surface area (Å²) < 4.78 is 5.28. The maximum absolute atomic E-state index is 12.7. The predicted octanol–water partition coefficient (Wildman–Crippen LogP) is 2.91. The van der Waals surface area contributed by atoms with Gasteiger partial charge < -0.3 is 9.64 Å². The van der Waals surface area contributed by atoms with Crippen molar-refractivity contribution in [1.82, 2.24) is 4.90 Å². The van der Waals surface area contributed by atoms with E-state index in [9.17, 15) is 4.79 Å². The summed E-state index contributed by atoms with van der Waals surface area (Å²) in [5.74, 6) is 0.473. The first kappa shape index (κ1) is 14.4. The molecular weight excluding hydrogens is 252 g/mol. The third-order valence-electron chi connectivity index (χ3n) is 3.85. The summed E-state index contributed by atoms with van der Waals surface area (Å²) in [5.41, 5.74) is 1.56. The Morgan fingerprint density at radius 2 is 2.15 bits per heavy atom. The zero-order valence-corrected chi connectivity index (χ0v) is 12.1. The van der Waals surface area contributed by atoms with Crippen molar-refractivity contribution in [3.05, 3.63) is 29.3 Å². The molecule has 4 nitrogen and oxygen atoms in total. The standard InChI is InChI=1S/C16H20N2O2/c1-12-7-8-15(20-2)14(11-12)16(19)18(10-9-17)13-5-3-4-6-13/h7-8,11,13H,3-6,10H2,1-2H3. The van der Waals surface area contributed by atoms with E-state index >= 15 is 0 Å². The molecule has 0 spiro atoms. The Bertz CT molecular complexity index is 528. The Kier molecular flexibility index (Phi) is 4.62. The number of methoxy groups -OCH3 is 1. The van der Waals surface area contributed by atoms with Crippen molar-refractivity contribution >= 4 is 5.91 Å². The van der Waals surface area contributed by atoms with Crippen LogP contribution < -0.4 is 4.74 Å². The number of benzene rings is 1. The van der Waals surface area contributed by atoms with Gasteiger partial charge in [-0.2, -0.15) is 5.26 Å². The van der Waals surface area contributed by atoms with Gasteiger partial charge in [0.05, 0.1) is 18.7 Å². The van der Waals surface area contributed by atoms with Crippen LogP contribution in [0.5, 0.6) is 5.75 Å². The highest BCUT2D eigenvalue weighted by molar-refractivity contribution is 5.97. The van der Waals surface area contributed by atoms with Crippen molar-refractivity contribution in [3.8, 4) is 11.8 Å². The van der Waals surface area contributed by atoms with Crippen LogP contribution in [0.3, 0.4) is 0 Å². The molecule has 1 aromatic rings. The van der Waals surface area contributed by atoms with Gasteiger partial charge >= 0.3 is 0 Å². The molecule has 0 heterocycles. The average molecular weight is 272 g/mol. The second kappa shape index (κ2) is 6.42. The van der Waals surface area contributed by atoms with Gasteiger partial charge in [0.2, 0.25) is 0 Å². The van der Waals surface area contributed by atoms with Crippen molar-refractivity contribution in [2.45, 2.75) is 38.6 Å². The van der Waals surface area contributed by atoms with Gasteiger partial charge in [-0.1, -0.05) is 24.5 Å². The molecule has 1 aromatic carbocycles. The summed E-state index contributed by atoms with van der Waals surface area (Å²) in [6, 6.07) is 7.86. The highest BCUT2D eigenvalue weighted by atomic mass is 16.5.